The van der Waals surface area contributed by atoms with Gasteiger partial charge in [0.15, 0.2) is 0 Å². The molecule has 1 rings (SSSR count). The zero-order chi connectivity index (χ0) is 12.8. The van der Waals surface area contributed by atoms with Gasteiger partial charge in [0.25, 0.3) is 0 Å². The van der Waals surface area contributed by atoms with Crippen LogP contribution < -0.4 is 0 Å². The van der Waals surface area contributed by atoms with E-state index in [1.54, 1.807) is 11.3 Å². The Bertz CT molecular complexity index is 327. The number of aromatic nitrogens is 1. The van der Waals surface area contributed by atoms with Gasteiger partial charge in [-0.3, -0.25) is 4.90 Å². The zero-order valence-electron chi connectivity index (χ0n) is 11.2. The van der Waals surface area contributed by atoms with Gasteiger partial charge in [0.1, 0.15) is 5.01 Å². The van der Waals surface area contributed by atoms with E-state index in [9.17, 15) is 0 Å². The molecule has 1 aromatic heterocycles. The second-order valence-electron chi connectivity index (χ2n) is 4.32. The molecule has 4 heteroatoms. The first-order chi connectivity index (χ1) is 8.17. The Hall–Kier alpha value is -0.120. The van der Waals surface area contributed by atoms with E-state index in [4.69, 9.17) is 11.6 Å². The van der Waals surface area contributed by atoms with Crippen molar-refractivity contribution in [1.82, 2.24) is 9.88 Å². The van der Waals surface area contributed by atoms with Crippen LogP contribution in [0.4, 0.5) is 0 Å². The normalized spacial score (nSPS) is 15.2. The largest absolute Gasteiger partial charge is 0.292 e. The lowest BCUT2D eigenvalue weighted by Gasteiger charge is -2.33. The van der Waals surface area contributed by atoms with Crippen molar-refractivity contribution in [2.24, 2.45) is 0 Å². The molecule has 98 valence electrons. The van der Waals surface area contributed by atoms with Gasteiger partial charge in [-0.05, 0) is 26.3 Å². The predicted molar refractivity (Wildman–Crippen MR) is 76.8 cm³/mol. The van der Waals surface area contributed by atoms with Crippen LogP contribution >= 0.6 is 22.9 Å². The Labute approximate surface area is 114 Å². The quantitative estimate of drug-likeness (QED) is 0.683. The summed E-state index contributed by atoms with van der Waals surface area (Å²) in [6.45, 7) is 10.1. The molecule has 0 aliphatic carbocycles. The number of hydrogen-bond acceptors (Lipinski definition) is 3. The van der Waals surface area contributed by atoms with Crippen LogP contribution in [-0.2, 0) is 5.88 Å². The van der Waals surface area contributed by atoms with E-state index < -0.39 is 0 Å². The van der Waals surface area contributed by atoms with E-state index in [1.165, 1.54) is 11.4 Å². The van der Waals surface area contributed by atoms with Gasteiger partial charge in [0.2, 0.25) is 0 Å². The van der Waals surface area contributed by atoms with Crippen LogP contribution in [0.1, 0.15) is 57.3 Å². The Morgan fingerprint density at radius 2 is 2.06 bits per heavy atom. The van der Waals surface area contributed by atoms with E-state index in [1.807, 2.05) is 0 Å². The summed E-state index contributed by atoms with van der Waals surface area (Å²) in [6, 6.07) is 1.05. The van der Waals surface area contributed by atoms with Crippen molar-refractivity contribution >= 4 is 22.9 Å². The van der Waals surface area contributed by atoms with Crippen molar-refractivity contribution in [3.05, 3.63) is 16.1 Å². The highest BCUT2D eigenvalue weighted by Crippen LogP contribution is 2.29. The van der Waals surface area contributed by atoms with Crippen molar-refractivity contribution < 1.29 is 0 Å². The molecule has 0 saturated heterocycles. The Morgan fingerprint density at radius 3 is 2.47 bits per heavy atom. The fourth-order valence-corrected chi connectivity index (χ4v) is 3.41. The maximum Gasteiger partial charge on any atom is 0.110 e. The van der Waals surface area contributed by atoms with Gasteiger partial charge >= 0.3 is 0 Å². The Balaban J connectivity index is 2.88. The molecule has 0 bridgehead atoms. The highest BCUT2D eigenvalue weighted by Gasteiger charge is 2.23. The fourth-order valence-electron chi connectivity index (χ4n) is 2.16. The summed E-state index contributed by atoms with van der Waals surface area (Å²) in [6.07, 6.45) is 2.28. The topological polar surface area (TPSA) is 16.1 Å². The first-order valence-electron chi connectivity index (χ1n) is 6.43. The summed E-state index contributed by atoms with van der Waals surface area (Å²) in [5, 5.41) is 3.29. The molecule has 17 heavy (non-hydrogen) atoms. The summed E-state index contributed by atoms with van der Waals surface area (Å²) in [7, 11) is 0. The molecule has 0 aliphatic rings. The van der Waals surface area contributed by atoms with Gasteiger partial charge in [-0.1, -0.05) is 20.8 Å². The van der Waals surface area contributed by atoms with Crippen LogP contribution in [0.15, 0.2) is 5.38 Å². The molecule has 2 unspecified atom stereocenters. The minimum Gasteiger partial charge on any atom is -0.292 e. The lowest BCUT2D eigenvalue weighted by atomic mass is 10.1. The molecule has 0 spiro atoms. The third kappa shape index (κ3) is 3.67. The molecule has 0 N–H and O–H groups in total. The molecule has 1 heterocycles. The fraction of sp³-hybridized carbons (Fsp3) is 0.769. The molecule has 0 aromatic carbocycles. The van der Waals surface area contributed by atoms with Crippen molar-refractivity contribution in [2.45, 2.75) is 58.5 Å². The van der Waals surface area contributed by atoms with E-state index in [0.717, 1.165) is 18.7 Å². The second-order valence-corrected chi connectivity index (χ2v) is 5.48. The first-order valence-corrected chi connectivity index (χ1v) is 7.85. The maximum absolute atomic E-state index is 5.82. The van der Waals surface area contributed by atoms with Gasteiger partial charge < -0.3 is 0 Å². The van der Waals surface area contributed by atoms with E-state index in [0.29, 0.717) is 18.0 Å². The minimum absolute atomic E-state index is 0.442. The molecule has 0 fully saturated rings. The third-order valence-electron chi connectivity index (χ3n) is 3.30. The van der Waals surface area contributed by atoms with E-state index in [-0.39, 0.29) is 0 Å². The standard InChI is InChI=1S/C13H23ClN2S/c1-5-10(4)16(7-3)12(6-2)13-15-11(8-14)9-17-13/h9-10,12H,5-8H2,1-4H3. The van der Waals surface area contributed by atoms with Gasteiger partial charge in [-0.2, -0.15) is 0 Å². The van der Waals surface area contributed by atoms with Crippen LogP contribution in [0.25, 0.3) is 0 Å². The van der Waals surface area contributed by atoms with Crippen LogP contribution in [0.3, 0.4) is 0 Å². The zero-order valence-corrected chi connectivity index (χ0v) is 12.8. The second kappa shape index (κ2) is 7.34. The van der Waals surface area contributed by atoms with Crippen LogP contribution in [0, 0.1) is 0 Å². The third-order valence-corrected chi connectivity index (χ3v) is 4.57. The Morgan fingerprint density at radius 1 is 1.35 bits per heavy atom. The number of hydrogen-bond donors (Lipinski definition) is 0. The molecule has 2 nitrogen and oxygen atoms in total. The van der Waals surface area contributed by atoms with E-state index in [2.05, 4.69) is 43.0 Å². The van der Waals surface area contributed by atoms with Crippen LogP contribution in [-0.4, -0.2) is 22.5 Å². The molecule has 0 radical (unpaired) electrons. The summed E-state index contributed by atoms with van der Waals surface area (Å²) in [5.41, 5.74) is 1.00. The summed E-state index contributed by atoms with van der Waals surface area (Å²) in [5.74, 6) is 0.516. The number of nitrogens with zero attached hydrogens (tertiary/aromatic N) is 2. The van der Waals surface area contributed by atoms with Gasteiger partial charge in [0, 0.05) is 11.4 Å². The highest BCUT2D eigenvalue weighted by molar-refractivity contribution is 7.09. The first kappa shape index (κ1) is 14.9. The van der Waals surface area contributed by atoms with Crippen molar-refractivity contribution in [3.63, 3.8) is 0 Å². The minimum atomic E-state index is 0.442. The molecule has 0 aliphatic heterocycles. The Kier molecular flexibility index (Phi) is 6.45. The molecule has 1 aromatic rings. The molecule has 0 saturated carbocycles. The summed E-state index contributed by atoms with van der Waals surface area (Å²) in [4.78, 5) is 7.17. The SMILES string of the molecule is CCC(C)N(CC)C(CC)c1nc(CCl)cs1. The maximum atomic E-state index is 5.82. The summed E-state index contributed by atoms with van der Waals surface area (Å²) < 4.78 is 0. The monoisotopic (exact) mass is 274 g/mol. The van der Waals surface area contributed by atoms with E-state index >= 15 is 0 Å². The van der Waals surface area contributed by atoms with Gasteiger partial charge in [-0.15, -0.1) is 22.9 Å². The van der Waals surface area contributed by atoms with Crippen LogP contribution in [0.5, 0.6) is 0 Å². The molecular formula is C13H23ClN2S. The molecule has 0 amide bonds. The average Bonchev–Trinajstić information content (AvgIpc) is 2.83. The summed E-state index contributed by atoms with van der Waals surface area (Å²) >= 11 is 7.56. The van der Waals surface area contributed by atoms with Crippen molar-refractivity contribution in [2.75, 3.05) is 6.54 Å². The lowest BCUT2D eigenvalue weighted by molar-refractivity contribution is 0.143. The molecule has 2 atom stereocenters. The van der Waals surface area contributed by atoms with Gasteiger partial charge in [-0.25, -0.2) is 4.98 Å². The number of halogens is 1. The van der Waals surface area contributed by atoms with Crippen molar-refractivity contribution in [3.8, 4) is 0 Å². The smallest absolute Gasteiger partial charge is 0.110 e. The van der Waals surface area contributed by atoms with Crippen molar-refractivity contribution in [1.29, 1.82) is 0 Å². The number of thiazole rings is 1. The predicted octanol–water partition coefficient (Wildman–Crippen LogP) is 4.45. The number of rotatable bonds is 7. The number of alkyl halides is 1. The lowest BCUT2D eigenvalue weighted by Crippen LogP contribution is -2.35. The highest BCUT2D eigenvalue weighted by atomic mass is 35.5. The van der Waals surface area contributed by atoms with Gasteiger partial charge in [0.05, 0.1) is 17.6 Å². The average molecular weight is 275 g/mol. The van der Waals surface area contributed by atoms with Crippen LogP contribution in [0.2, 0.25) is 0 Å². The molecular weight excluding hydrogens is 252 g/mol.